The lowest BCUT2D eigenvalue weighted by Crippen LogP contribution is -2.19. The maximum absolute atomic E-state index is 12.5. The van der Waals surface area contributed by atoms with Gasteiger partial charge in [-0.2, -0.15) is 0 Å². The second-order valence-electron chi connectivity index (χ2n) is 5.91. The fourth-order valence-corrected chi connectivity index (χ4v) is 2.21. The van der Waals surface area contributed by atoms with Crippen molar-refractivity contribution in [1.82, 2.24) is 0 Å². The number of benzene rings is 2. The molecule has 0 aliphatic carbocycles. The number of ether oxygens (including phenoxy) is 2. The quantitative estimate of drug-likeness (QED) is 0.331. The molecule has 0 unspecified atom stereocenters. The van der Waals surface area contributed by atoms with Crippen LogP contribution < -0.4 is 4.74 Å². The van der Waals surface area contributed by atoms with Crippen molar-refractivity contribution in [3.63, 3.8) is 0 Å². The second kappa shape index (κ2) is 8.83. The van der Waals surface area contributed by atoms with Crippen LogP contribution in [0.15, 0.2) is 60.2 Å². The van der Waals surface area contributed by atoms with E-state index in [1.54, 1.807) is 39.2 Å². The highest BCUT2D eigenvalue weighted by Gasteiger charge is 2.22. The van der Waals surface area contributed by atoms with Crippen LogP contribution in [-0.4, -0.2) is 18.9 Å². The van der Waals surface area contributed by atoms with Crippen molar-refractivity contribution >= 4 is 17.8 Å². The molecule has 2 rings (SSSR count). The van der Waals surface area contributed by atoms with Crippen LogP contribution in [0.4, 0.5) is 0 Å². The van der Waals surface area contributed by atoms with Gasteiger partial charge in [-0.05, 0) is 29.3 Å². The molecular weight excluding hydrogens is 316 g/mol. The van der Waals surface area contributed by atoms with Crippen LogP contribution >= 0.6 is 0 Å². The Morgan fingerprint density at radius 2 is 1.64 bits per heavy atom. The highest BCUT2D eigenvalue weighted by molar-refractivity contribution is 6.21. The van der Waals surface area contributed by atoms with Gasteiger partial charge in [0.15, 0.2) is 5.78 Å². The molecule has 0 aromatic heterocycles. The monoisotopic (exact) mass is 338 g/mol. The van der Waals surface area contributed by atoms with Crippen LogP contribution in [0.3, 0.4) is 0 Å². The van der Waals surface area contributed by atoms with Crippen molar-refractivity contribution in [3.8, 4) is 5.75 Å². The predicted octanol–water partition coefficient (Wildman–Crippen LogP) is 4.05. The fraction of sp³-hybridized carbons (Fsp3) is 0.238. The Kier molecular flexibility index (Phi) is 6.52. The number of Topliss-reactive ketones (excluding diaryl/α,β-unsaturated/α-hetero) is 1. The summed E-state index contributed by atoms with van der Waals surface area (Å²) in [5, 5.41) is 0. The number of esters is 1. The molecule has 0 saturated heterocycles. The number of carbonyl (C=O) groups excluding carboxylic acids is 2. The van der Waals surface area contributed by atoms with Gasteiger partial charge in [-0.15, -0.1) is 0 Å². The standard InChI is InChI=1S/C21H22O4/c1-15(2)20(22)19(13-16-7-5-4-6-8-16)21(23)25-14-17-9-11-18(24-3)12-10-17/h4-13,15H,14H2,1-3H3/b19-13-. The van der Waals surface area contributed by atoms with Crippen LogP contribution in [0.2, 0.25) is 0 Å². The Hall–Kier alpha value is -2.88. The third-order valence-corrected chi connectivity index (χ3v) is 3.65. The zero-order valence-electron chi connectivity index (χ0n) is 14.7. The number of hydrogen-bond acceptors (Lipinski definition) is 4. The van der Waals surface area contributed by atoms with E-state index in [-0.39, 0.29) is 23.9 Å². The summed E-state index contributed by atoms with van der Waals surface area (Å²) in [6, 6.07) is 16.5. The van der Waals surface area contributed by atoms with Crippen molar-refractivity contribution in [1.29, 1.82) is 0 Å². The molecule has 4 nitrogen and oxygen atoms in total. The predicted molar refractivity (Wildman–Crippen MR) is 97.1 cm³/mol. The fourth-order valence-electron chi connectivity index (χ4n) is 2.21. The Bertz CT molecular complexity index is 743. The van der Waals surface area contributed by atoms with Crippen molar-refractivity contribution in [2.75, 3.05) is 7.11 Å². The highest BCUT2D eigenvalue weighted by Crippen LogP contribution is 2.16. The summed E-state index contributed by atoms with van der Waals surface area (Å²) in [5.74, 6) is -0.403. The third kappa shape index (κ3) is 5.31. The lowest BCUT2D eigenvalue weighted by atomic mass is 9.99. The van der Waals surface area contributed by atoms with Crippen LogP contribution in [0.1, 0.15) is 25.0 Å². The van der Waals surface area contributed by atoms with E-state index in [9.17, 15) is 9.59 Å². The van der Waals surface area contributed by atoms with Gasteiger partial charge >= 0.3 is 5.97 Å². The van der Waals surface area contributed by atoms with Crippen molar-refractivity contribution < 1.29 is 19.1 Å². The maximum atomic E-state index is 12.5. The first-order valence-electron chi connectivity index (χ1n) is 8.12. The van der Waals surface area contributed by atoms with E-state index in [1.807, 2.05) is 42.5 Å². The minimum Gasteiger partial charge on any atom is -0.497 e. The molecule has 0 radical (unpaired) electrons. The molecule has 0 aliphatic rings. The highest BCUT2D eigenvalue weighted by atomic mass is 16.5. The maximum Gasteiger partial charge on any atom is 0.342 e. The minimum absolute atomic E-state index is 0.0645. The Labute approximate surface area is 148 Å². The Morgan fingerprint density at radius 3 is 2.20 bits per heavy atom. The topological polar surface area (TPSA) is 52.6 Å². The normalized spacial score (nSPS) is 11.3. The average molecular weight is 338 g/mol. The van der Waals surface area contributed by atoms with E-state index >= 15 is 0 Å². The molecule has 0 atom stereocenters. The zero-order chi connectivity index (χ0) is 18.2. The summed E-state index contributed by atoms with van der Waals surface area (Å²) in [6.07, 6.45) is 1.58. The van der Waals surface area contributed by atoms with Crippen LogP contribution in [0, 0.1) is 5.92 Å². The number of hydrogen-bond donors (Lipinski definition) is 0. The Morgan fingerprint density at radius 1 is 1.00 bits per heavy atom. The molecule has 4 heteroatoms. The molecule has 0 spiro atoms. The second-order valence-corrected chi connectivity index (χ2v) is 5.91. The largest absolute Gasteiger partial charge is 0.497 e. The van der Waals surface area contributed by atoms with Crippen LogP contribution in [0.25, 0.3) is 6.08 Å². The summed E-state index contributed by atoms with van der Waals surface area (Å²) in [6.45, 7) is 3.62. The molecular formula is C21H22O4. The SMILES string of the molecule is COc1ccc(COC(=O)/C(=C\c2ccccc2)C(=O)C(C)C)cc1. The zero-order valence-corrected chi connectivity index (χ0v) is 14.7. The number of carbonyl (C=O) groups is 2. The summed E-state index contributed by atoms with van der Waals surface area (Å²) < 4.78 is 10.4. The summed E-state index contributed by atoms with van der Waals surface area (Å²) in [5.41, 5.74) is 1.67. The van der Waals surface area contributed by atoms with Gasteiger partial charge < -0.3 is 9.47 Å². The molecule has 0 N–H and O–H groups in total. The first-order valence-corrected chi connectivity index (χ1v) is 8.12. The van der Waals surface area contributed by atoms with Crippen molar-refractivity contribution in [3.05, 3.63) is 71.3 Å². The molecule has 0 bridgehead atoms. The van der Waals surface area contributed by atoms with E-state index in [0.717, 1.165) is 16.9 Å². The average Bonchev–Trinajstić information content (AvgIpc) is 2.64. The van der Waals surface area contributed by atoms with Crippen LogP contribution in [-0.2, 0) is 20.9 Å². The summed E-state index contributed by atoms with van der Waals surface area (Å²) >= 11 is 0. The van der Waals surface area contributed by atoms with E-state index in [0.29, 0.717) is 0 Å². The smallest absolute Gasteiger partial charge is 0.342 e. The van der Waals surface area contributed by atoms with Crippen molar-refractivity contribution in [2.45, 2.75) is 20.5 Å². The van der Waals surface area contributed by atoms with Gasteiger partial charge in [-0.1, -0.05) is 56.3 Å². The lowest BCUT2D eigenvalue weighted by Gasteiger charge is -2.10. The molecule has 0 amide bonds. The van der Waals surface area contributed by atoms with Gasteiger partial charge in [-0.25, -0.2) is 4.79 Å². The molecule has 0 heterocycles. The van der Waals surface area contributed by atoms with Gasteiger partial charge in [0.05, 0.1) is 7.11 Å². The van der Waals surface area contributed by atoms with Gasteiger partial charge in [0.1, 0.15) is 17.9 Å². The van der Waals surface area contributed by atoms with Gasteiger partial charge in [-0.3, -0.25) is 4.79 Å². The van der Waals surface area contributed by atoms with Crippen molar-refractivity contribution in [2.24, 2.45) is 5.92 Å². The van der Waals surface area contributed by atoms with Gasteiger partial charge in [0.25, 0.3) is 0 Å². The van der Waals surface area contributed by atoms with E-state index in [1.165, 1.54) is 0 Å². The molecule has 2 aromatic rings. The first kappa shape index (κ1) is 18.5. The van der Waals surface area contributed by atoms with Crippen LogP contribution in [0.5, 0.6) is 5.75 Å². The van der Waals surface area contributed by atoms with E-state index in [4.69, 9.17) is 9.47 Å². The number of rotatable bonds is 7. The molecule has 0 saturated carbocycles. The van der Waals surface area contributed by atoms with E-state index in [2.05, 4.69) is 0 Å². The number of methoxy groups -OCH3 is 1. The Balaban J connectivity index is 2.14. The first-order chi connectivity index (χ1) is 12.0. The van der Waals surface area contributed by atoms with Gasteiger partial charge in [0.2, 0.25) is 0 Å². The number of ketones is 1. The molecule has 0 aliphatic heterocycles. The van der Waals surface area contributed by atoms with E-state index < -0.39 is 5.97 Å². The molecule has 2 aromatic carbocycles. The molecule has 0 fully saturated rings. The summed E-state index contributed by atoms with van der Waals surface area (Å²) in [4.78, 5) is 24.9. The third-order valence-electron chi connectivity index (χ3n) is 3.65. The molecule has 25 heavy (non-hydrogen) atoms. The summed E-state index contributed by atoms with van der Waals surface area (Å²) in [7, 11) is 1.59. The lowest BCUT2D eigenvalue weighted by molar-refractivity contribution is -0.141. The van der Waals surface area contributed by atoms with Gasteiger partial charge in [0, 0.05) is 5.92 Å². The molecule has 130 valence electrons. The minimum atomic E-state index is -0.613.